The molecule has 0 bridgehead atoms. The number of carbonyl (C=O) groups is 1. The molecule has 1 saturated heterocycles. The lowest BCUT2D eigenvalue weighted by molar-refractivity contribution is 0.0546. The first kappa shape index (κ1) is 13.9. The third-order valence-electron chi connectivity index (χ3n) is 3.72. The second-order valence-electron chi connectivity index (χ2n) is 5.16. The number of aliphatic hydroxyl groups excluding tert-OH is 1. The maximum atomic E-state index is 12.5. The molecule has 1 fully saturated rings. The number of methoxy groups -OCH3 is 1. The smallest absolute Gasteiger partial charge is 0.254 e. The number of benzene rings is 1. The molecule has 1 amide bonds. The highest BCUT2D eigenvalue weighted by atomic mass is 16.5. The monoisotopic (exact) mass is 263 g/mol. The van der Waals surface area contributed by atoms with Crippen LogP contribution in [-0.2, 0) is 0 Å². The van der Waals surface area contributed by atoms with Crippen LogP contribution in [0.15, 0.2) is 12.1 Å². The summed E-state index contributed by atoms with van der Waals surface area (Å²) in [6.07, 6.45) is 1.07. The fourth-order valence-electron chi connectivity index (χ4n) is 2.48. The quantitative estimate of drug-likeness (QED) is 0.886. The first-order chi connectivity index (χ1) is 9.02. The van der Waals surface area contributed by atoms with Crippen LogP contribution in [0.1, 0.15) is 34.3 Å². The zero-order chi connectivity index (χ0) is 14.0. The molecule has 2 rings (SSSR count). The van der Waals surface area contributed by atoms with Crippen molar-refractivity contribution in [3.05, 3.63) is 28.8 Å². The summed E-state index contributed by atoms with van der Waals surface area (Å²) in [6.45, 7) is 5.12. The van der Waals surface area contributed by atoms with Gasteiger partial charge < -0.3 is 14.7 Å². The first-order valence-electron chi connectivity index (χ1n) is 6.65. The summed E-state index contributed by atoms with van der Waals surface area (Å²) in [6, 6.07) is 3.79. The van der Waals surface area contributed by atoms with E-state index in [1.54, 1.807) is 7.11 Å². The van der Waals surface area contributed by atoms with Crippen LogP contribution in [0, 0.1) is 13.8 Å². The number of likely N-dealkylation sites (tertiary alicyclic amines) is 1. The molecule has 4 nitrogen and oxygen atoms in total. The Morgan fingerprint density at radius 2 is 1.89 bits per heavy atom. The number of rotatable bonds is 2. The van der Waals surface area contributed by atoms with Gasteiger partial charge in [-0.3, -0.25) is 4.79 Å². The number of hydrogen-bond acceptors (Lipinski definition) is 3. The third-order valence-corrected chi connectivity index (χ3v) is 3.72. The Kier molecular flexibility index (Phi) is 4.10. The number of carbonyl (C=O) groups excluding carboxylic acids is 1. The Morgan fingerprint density at radius 3 is 2.47 bits per heavy atom. The second-order valence-corrected chi connectivity index (χ2v) is 5.16. The van der Waals surface area contributed by atoms with Gasteiger partial charge in [-0.2, -0.15) is 0 Å². The number of hydrogen-bond donors (Lipinski definition) is 1. The predicted molar refractivity (Wildman–Crippen MR) is 73.6 cm³/mol. The molecule has 1 aromatic rings. The lowest BCUT2D eigenvalue weighted by atomic mass is 10.0. The second kappa shape index (κ2) is 5.61. The van der Waals surface area contributed by atoms with Gasteiger partial charge in [-0.05, 0) is 49.9 Å². The summed E-state index contributed by atoms with van der Waals surface area (Å²) in [5.41, 5.74) is 2.63. The van der Waals surface area contributed by atoms with E-state index in [1.165, 1.54) is 0 Å². The summed E-state index contributed by atoms with van der Waals surface area (Å²) < 4.78 is 5.26. The highest BCUT2D eigenvalue weighted by Crippen LogP contribution is 2.24. The Hall–Kier alpha value is -1.55. The van der Waals surface area contributed by atoms with E-state index in [4.69, 9.17) is 4.74 Å². The summed E-state index contributed by atoms with van der Waals surface area (Å²) >= 11 is 0. The summed E-state index contributed by atoms with van der Waals surface area (Å²) in [5.74, 6) is 0.860. The van der Waals surface area contributed by atoms with E-state index >= 15 is 0 Å². The molecule has 0 radical (unpaired) electrons. The average molecular weight is 263 g/mol. The van der Waals surface area contributed by atoms with Crippen LogP contribution in [0.25, 0.3) is 0 Å². The predicted octanol–water partition coefficient (Wildman–Crippen LogP) is 1.91. The number of piperidine rings is 1. The molecule has 0 aliphatic carbocycles. The number of aryl methyl sites for hydroxylation is 2. The van der Waals surface area contributed by atoms with Crippen LogP contribution in [-0.4, -0.2) is 42.2 Å². The highest BCUT2D eigenvalue weighted by molar-refractivity contribution is 5.96. The molecule has 0 spiro atoms. The fourth-order valence-corrected chi connectivity index (χ4v) is 2.48. The number of amides is 1. The minimum atomic E-state index is -0.261. The maximum Gasteiger partial charge on any atom is 0.254 e. The van der Waals surface area contributed by atoms with Crippen LogP contribution in [0.2, 0.25) is 0 Å². The summed E-state index contributed by atoms with van der Waals surface area (Å²) in [4.78, 5) is 14.3. The minimum Gasteiger partial charge on any atom is -0.496 e. The molecule has 4 heteroatoms. The van der Waals surface area contributed by atoms with Gasteiger partial charge in [0.2, 0.25) is 0 Å². The molecule has 19 heavy (non-hydrogen) atoms. The number of nitrogens with zero attached hydrogens (tertiary/aromatic N) is 1. The van der Waals surface area contributed by atoms with E-state index in [2.05, 4.69) is 0 Å². The molecule has 1 aromatic carbocycles. The highest BCUT2D eigenvalue weighted by Gasteiger charge is 2.23. The van der Waals surface area contributed by atoms with E-state index < -0.39 is 0 Å². The van der Waals surface area contributed by atoms with Crippen molar-refractivity contribution in [3.8, 4) is 5.75 Å². The Balaban J connectivity index is 2.22. The van der Waals surface area contributed by atoms with Crippen molar-refractivity contribution in [2.75, 3.05) is 20.2 Å². The van der Waals surface area contributed by atoms with Gasteiger partial charge in [-0.25, -0.2) is 0 Å². The minimum absolute atomic E-state index is 0.0511. The lowest BCUT2D eigenvalue weighted by Gasteiger charge is -2.30. The lowest BCUT2D eigenvalue weighted by Crippen LogP contribution is -2.40. The molecule has 1 heterocycles. The number of aliphatic hydroxyl groups is 1. The van der Waals surface area contributed by atoms with E-state index in [1.807, 2.05) is 30.9 Å². The van der Waals surface area contributed by atoms with E-state index in [-0.39, 0.29) is 12.0 Å². The van der Waals surface area contributed by atoms with Gasteiger partial charge in [0.25, 0.3) is 5.91 Å². The molecule has 0 aromatic heterocycles. The van der Waals surface area contributed by atoms with E-state index in [9.17, 15) is 9.90 Å². The Labute approximate surface area is 114 Å². The van der Waals surface area contributed by atoms with Gasteiger partial charge >= 0.3 is 0 Å². The van der Waals surface area contributed by atoms with Gasteiger partial charge in [0.05, 0.1) is 13.2 Å². The van der Waals surface area contributed by atoms with Gasteiger partial charge in [0.1, 0.15) is 5.75 Å². The Bertz CT molecular complexity index is 477. The molecular weight excluding hydrogens is 242 g/mol. The molecule has 0 atom stereocenters. The largest absolute Gasteiger partial charge is 0.496 e. The molecule has 1 aliphatic heterocycles. The molecule has 0 saturated carbocycles. The third kappa shape index (κ3) is 2.89. The van der Waals surface area contributed by atoms with Crippen molar-refractivity contribution >= 4 is 5.91 Å². The van der Waals surface area contributed by atoms with Gasteiger partial charge in [0.15, 0.2) is 0 Å². The molecule has 1 N–H and O–H groups in total. The number of ether oxygens (including phenoxy) is 1. The maximum absolute atomic E-state index is 12.5. The zero-order valence-electron chi connectivity index (χ0n) is 11.8. The van der Waals surface area contributed by atoms with Crippen LogP contribution in [0.4, 0.5) is 0 Å². The summed E-state index contributed by atoms with van der Waals surface area (Å²) in [5, 5.41) is 9.49. The SMILES string of the molecule is COc1cc(C)c(C(=O)N2CCC(O)CC2)cc1C. The topological polar surface area (TPSA) is 49.8 Å². The summed E-state index contributed by atoms with van der Waals surface area (Å²) in [7, 11) is 1.63. The van der Waals surface area contributed by atoms with Crippen LogP contribution in [0.5, 0.6) is 5.75 Å². The van der Waals surface area contributed by atoms with E-state index in [0.717, 1.165) is 22.4 Å². The van der Waals surface area contributed by atoms with Crippen molar-refractivity contribution in [2.24, 2.45) is 0 Å². The molecule has 0 unspecified atom stereocenters. The van der Waals surface area contributed by atoms with Crippen molar-refractivity contribution in [1.82, 2.24) is 4.90 Å². The standard InChI is InChI=1S/C15H21NO3/c1-10-9-14(19-3)11(2)8-13(10)15(18)16-6-4-12(17)5-7-16/h8-9,12,17H,4-7H2,1-3H3. The zero-order valence-corrected chi connectivity index (χ0v) is 11.8. The molecule has 104 valence electrons. The van der Waals surface area contributed by atoms with Crippen LogP contribution >= 0.6 is 0 Å². The Morgan fingerprint density at radius 1 is 1.26 bits per heavy atom. The fraction of sp³-hybridized carbons (Fsp3) is 0.533. The van der Waals surface area contributed by atoms with Crippen molar-refractivity contribution in [1.29, 1.82) is 0 Å². The normalized spacial score (nSPS) is 16.5. The molecular formula is C15H21NO3. The molecule has 1 aliphatic rings. The van der Waals surface area contributed by atoms with Crippen LogP contribution in [0.3, 0.4) is 0 Å². The van der Waals surface area contributed by atoms with Crippen molar-refractivity contribution in [2.45, 2.75) is 32.8 Å². The van der Waals surface area contributed by atoms with Gasteiger partial charge in [-0.1, -0.05) is 0 Å². The van der Waals surface area contributed by atoms with Crippen LogP contribution < -0.4 is 4.74 Å². The average Bonchev–Trinajstić information content (AvgIpc) is 2.41. The first-order valence-corrected chi connectivity index (χ1v) is 6.65. The van der Waals surface area contributed by atoms with E-state index in [0.29, 0.717) is 25.9 Å². The van der Waals surface area contributed by atoms with Gasteiger partial charge in [0, 0.05) is 18.7 Å². The van der Waals surface area contributed by atoms with Crippen molar-refractivity contribution < 1.29 is 14.6 Å². The van der Waals surface area contributed by atoms with Gasteiger partial charge in [-0.15, -0.1) is 0 Å². The van der Waals surface area contributed by atoms with Crippen molar-refractivity contribution in [3.63, 3.8) is 0 Å².